The largest absolute Gasteiger partial charge is 0.490 e. The van der Waals surface area contributed by atoms with Gasteiger partial charge in [0.2, 0.25) is 10.0 Å². The lowest BCUT2D eigenvalue weighted by Crippen LogP contribution is -2.41. The van der Waals surface area contributed by atoms with Gasteiger partial charge in [-0.1, -0.05) is 0 Å². The Morgan fingerprint density at radius 1 is 1.22 bits per heavy atom. The van der Waals surface area contributed by atoms with Crippen LogP contribution in [0.5, 0.6) is 5.75 Å². The van der Waals surface area contributed by atoms with Crippen molar-refractivity contribution in [1.29, 1.82) is 0 Å². The van der Waals surface area contributed by atoms with Crippen molar-refractivity contribution in [3.63, 3.8) is 0 Å². The molecule has 0 saturated carbocycles. The second-order valence-corrected chi connectivity index (χ2v) is 7.66. The van der Waals surface area contributed by atoms with E-state index in [0.29, 0.717) is 13.1 Å². The van der Waals surface area contributed by atoms with E-state index in [-0.39, 0.29) is 6.10 Å². The summed E-state index contributed by atoms with van der Waals surface area (Å²) in [6, 6.07) is 7.90. The molecule has 0 radical (unpaired) electrons. The molecule has 1 saturated heterocycles. The number of ether oxygens (including phenoxy) is 1. The number of halogens is 1. The minimum atomic E-state index is -3.05. The maximum absolute atomic E-state index is 11.4. The zero-order chi connectivity index (χ0) is 13.2. The minimum absolute atomic E-state index is 0.114. The first kappa shape index (κ1) is 14.1. The van der Waals surface area contributed by atoms with Crippen LogP contribution in [0.25, 0.3) is 0 Å². The van der Waals surface area contributed by atoms with Crippen molar-refractivity contribution in [2.75, 3.05) is 19.3 Å². The van der Waals surface area contributed by atoms with Crippen molar-refractivity contribution in [3.8, 4) is 5.75 Å². The SMILES string of the molecule is CS(=O)(=O)N1CCC(Oc2ccc(I)cc2)CC1. The normalized spacial score (nSPS) is 18.8. The van der Waals surface area contributed by atoms with Gasteiger partial charge in [0.1, 0.15) is 11.9 Å². The van der Waals surface area contributed by atoms with Gasteiger partial charge in [0.05, 0.1) is 6.26 Å². The van der Waals surface area contributed by atoms with Gasteiger partial charge >= 0.3 is 0 Å². The Bertz CT molecular complexity index is 493. The number of rotatable bonds is 3. The highest BCUT2D eigenvalue weighted by atomic mass is 127. The van der Waals surface area contributed by atoms with E-state index in [9.17, 15) is 8.42 Å². The number of hydrogen-bond donors (Lipinski definition) is 0. The molecular formula is C12H16INO3S. The van der Waals surface area contributed by atoms with E-state index in [0.717, 1.165) is 18.6 Å². The standard InChI is InChI=1S/C12H16INO3S/c1-18(15,16)14-8-6-12(7-9-14)17-11-4-2-10(13)3-5-11/h2-5,12H,6-9H2,1H3. The molecular weight excluding hydrogens is 365 g/mol. The molecule has 1 heterocycles. The van der Waals surface area contributed by atoms with Crippen LogP contribution in [0.4, 0.5) is 0 Å². The van der Waals surface area contributed by atoms with E-state index in [1.54, 1.807) is 0 Å². The van der Waals surface area contributed by atoms with Gasteiger partial charge in [0.25, 0.3) is 0 Å². The first-order valence-corrected chi connectivity index (χ1v) is 8.75. The number of piperidine rings is 1. The minimum Gasteiger partial charge on any atom is -0.490 e. The number of sulfonamides is 1. The topological polar surface area (TPSA) is 46.6 Å². The lowest BCUT2D eigenvalue weighted by molar-refractivity contribution is 0.135. The van der Waals surface area contributed by atoms with Crippen molar-refractivity contribution < 1.29 is 13.2 Å². The third-order valence-electron chi connectivity index (χ3n) is 2.99. The first-order valence-electron chi connectivity index (χ1n) is 5.82. The fourth-order valence-electron chi connectivity index (χ4n) is 1.99. The molecule has 0 spiro atoms. The van der Waals surface area contributed by atoms with Crippen LogP contribution in [-0.4, -0.2) is 38.2 Å². The Morgan fingerprint density at radius 2 is 1.78 bits per heavy atom. The summed E-state index contributed by atoms with van der Waals surface area (Å²) in [5, 5.41) is 0. The van der Waals surface area contributed by atoms with Gasteiger partial charge in [-0.3, -0.25) is 0 Å². The van der Waals surface area contributed by atoms with Crippen molar-refractivity contribution in [1.82, 2.24) is 4.31 Å². The van der Waals surface area contributed by atoms with Gasteiger partial charge < -0.3 is 4.74 Å². The van der Waals surface area contributed by atoms with Crippen LogP contribution in [0.1, 0.15) is 12.8 Å². The molecule has 0 aromatic heterocycles. The molecule has 0 atom stereocenters. The monoisotopic (exact) mass is 381 g/mol. The van der Waals surface area contributed by atoms with Crippen molar-refractivity contribution in [3.05, 3.63) is 27.8 Å². The lowest BCUT2D eigenvalue weighted by atomic mass is 10.1. The molecule has 1 aliphatic rings. The fraction of sp³-hybridized carbons (Fsp3) is 0.500. The van der Waals surface area contributed by atoms with Gasteiger partial charge in [-0.05, 0) is 59.7 Å². The van der Waals surface area contributed by atoms with Gasteiger partial charge in [-0.15, -0.1) is 0 Å². The van der Waals surface area contributed by atoms with E-state index in [1.807, 2.05) is 24.3 Å². The summed E-state index contributed by atoms with van der Waals surface area (Å²) in [4.78, 5) is 0. The molecule has 18 heavy (non-hydrogen) atoms. The van der Waals surface area contributed by atoms with Gasteiger partial charge in [-0.2, -0.15) is 0 Å². The highest BCUT2D eigenvalue weighted by molar-refractivity contribution is 14.1. The van der Waals surface area contributed by atoms with E-state index in [2.05, 4.69) is 22.6 Å². The molecule has 1 aromatic carbocycles. The molecule has 0 bridgehead atoms. The Hall–Kier alpha value is -0.340. The van der Waals surface area contributed by atoms with Crippen molar-refractivity contribution in [2.24, 2.45) is 0 Å². The number of nitrogens with zero attached hydrogens (tertiary/aromatic N) is 1. The maximum Gasteiger partial charge on any atom is 0.211 e. The van der Waals surface area contributed by atoms with Crippen LogP contribution in [0.2, 0.25) is 0 Å². The summed E-state index contributed by atoms with van der Waals surface area (Å²) in [6.45, 7) is 1.10. The molecule has 0 N–H and O–H groups in total. The Balaban J connectivity index is 1.89. The lowest BCUT2D eigenvalue weighted by Gasteiger charge is -2.30. The molecule has 0 amide bonds. The van der Waals surface area contributed by atoms with E-state index in [4.69, 9.17) is 4.74 Å². The van der Waals surface area contributed by atoms with Crippen LogP contribution in [0.3, 0.4) is 0 Å². The van der Waals surface area contributed by atoms with E-state index < -0.39 is 10.0 Å². The van der Waals surface area contributed by atoms with Crippen molar-refractivity contribution >= 4 is 32.6 Å². The number of hydrogen-bond acceptors (Lipinski definition) is 3. The highest BCUT2D eigenvalue weighted by Crippen LogP contribution is 2.21. The average molecular weight is 381 g/mol. The predicted octanol–water partition coefficient (Wildman–Crippen LogP) is 2.09. The third-order valence-corrected chi connectivity index (χ3v) is 5.01. The zero-order valence-electron chi connectivity index (χ0n) is 10.2. The molecule has 0 aliphatic carbocycles. The molecule has 1 fully saturated rings. The first-order chi connectivity index (χ1) is 8.45. The average Bonchev–Trinajstić information content (AvgIpc) is 2.32. The molecule has 0 unspecified atom stereocenters. The summed E-state index contributed by atoms with van der Waals surface area (Å²) in [5.74, 6) is 0.855. The Kier molecular flexibility index (Phi) is 4.50. The highest BCUT2D eigenvalue weighted by Gasteiger charge is 2.25. The fourth-order valence-corrected chi connectivity index (χ4v) is 3.22. The van der Waals surface area contributed by atoms with Gasteiger partial charge in [-0.25, -0.2) is 12.7 Å². The summed E-state index contributed by atoms with van der Waals surface area (Å²) in [6.07, 6.45) is 2.87. The smallest absolute Gasteiger partial charge is 0.211 e. The summed E-state index contributed by atoms with van der Waals surface area (Å²) in [7, 11) is -3.05. The summed E-state index contributed by atoms with van der Waals surface area (Å²) < 4.78 is 31.3. The summed E-state index contributed by atoms with van der Waals surface area (Å²) in [5.41, 5.74) is 0. The molecule has 6 heteroatoms. The second kappa shape index (κ2) is 5.75. The van der Waals surface area contributed by atoms with Crippen LogP contribution >= 0.6 is 22.6 Å². The van der Waals surface area contributed by atoms with Crippen LogP contribution in [0.15, 0.2) is 24.3 Å². The number of benzene rings is 1. The van der Waals surface area contributed by atoms with E-state index in [1.165, 1.54) is 14.1 Å². The third kappa shape index (κ3) is 3.83. The Morgan fingerprint density at radius 3 is 2.28 bits per heavy atom. The molecule has 4 nitrogen and oxygen atoms in total. The second-order valence-electron chi connectivity index (χ2n) is 4.43. The molecule has 1 aliphatic heterocycles. The quantitative estimate of drug-likeness (QED) is 0.754. The van der Waals surface area contributed by atoms with E-state index >= 15 is 0 Å². The molecule has 100 valence electrons. The van der Waals surface area contributed by atoms with Crippen molar-refractivity contribution in [2.45, 2.75) is 18.9 Å². The maximum atomic E-state index is 11.4. The molecule has 1 aromatic rings. The van der Waals surface area contributed by atoms with Gasteiger partial charge in [0.15, 0.2) is 0 Å². The molecule has 2 rings (SSSR count). The predicted molar refractivity (Wildman–Crippen MR) is 79.2 cm³/mol. The zero-order valence-corrected chi connectivity index (χ0v) is 13.1. The summed E-state index contributed by atoms with van der Waals surface area (Å²) >= 11 is 2.25. The van der Waals surface area contributed by atoms with Crippen LogP contribution in [0, 0.1) is 3.57 Å². The van der Waals surface area contributed by atoms with Gasteiger partial charge in [0, 0.05) is 16.7 Å². The Labute approximate surface area is 122 Å². The van der Waals surface area contributed by atoms with Crippen LogP contribution in [-0.2, 0) is 10.0 Å². The van der Waals surface area contributed by atoms with Crippen LogP contribution < -0.4 is 4.74 Å².